The standard InChI is InChI=1S/C19H22ClN3O2S/c1-3-9-22-10-5-6-16(14-22)23-13-15(12-21-23)18-8-7-17(11-19(18)20)26(24,25)4-2/h5-8,11-14H,3-4,9-10H2,1-2H3. The van der Waals surface area contributed by atoms with Crippen molar-refractivity contribution in [2.24, 2.45) is 0 Å². The fourth-order valence-corrected chi connectivity index (χ4v) is 4.12. The molecule has 0 saturated heterocycles. The Morgan fingerprint density at radius 3 is 2.77 bits per heavy atom. The first kappa shape index (κ1) is 18.7. The van der Waals surface area contributed by atoms with Crippen LogP contribution in [0.5, 0.6) is 0 Å². The molecule has 0 bridgehead atoms. The summed E-state index contributed by atoms with van der Waals surface area (Å²) >= 11 is 6.35. The summed E-state index contributed by atoms with van der Waals surface area (Å²) < 4.78 is 25.8. The lowest BCUT2D eigenvalue weighted by molar-refractivity contribution is 0.410. The summed E-state index contributed by atoms with van der Waals surface area (Å²) in [5.41, 5.74) is 2.59. The average molecular weight is 392 g/mol. The minimum atomic E-state index is -3.27. The second kappa shape index (κ2) is 7.68. The smallest absolute Gasteiger partial charge is 0.178 e. The third-order valence-electron chi connectivity index (χ3n) is 4.29. The van der Waals surface area contributed by atoms with Crippen molar-refractivity contribution in [2.45, 2.75) is 25.2 Å². The van der Waals surface area contributed by atoms with Gasteiger partial charge in [0.05, 0.1) is 22.5 Å². The van der Waals surface area contributed by atoms with E-state index in [2.05, 4.69) is 29.2 Å². The molecule has 0 saturated carbocycles. The van der Waals surface area contributed by atoms with Gasteiger partial charge in [-0.2, -0.15) is 5.10 Å². The molecule has 2 heterocycles. The summed E-state index contributed by atoms with van der Waals surface area (Å²) in [6.45, 7) is 5.68. The molecule has 138 valence electrons. The number of benzene rings is 1. The van der Waals surface area contributed by atoms with Gasteiger partial charge in [0.15, 0.2) is 9.84 Å². The zero-order valence-corrected chi connectivity index (χ0v) is 16.5. The molecule has 5 nitrogen and oxygen atoms in total. The molecule has 0 aliphatic carbocycles. The van der Waals surface area contributed by atoms with Crippen LogP contribution in [0, 0.1) is 0 Å². The van der Waals surface area contributed by atoms with Crippen molar-refractivity contribution in [3.8, 4) is 11.1 Å². The Labute approximate surface area is 159 Å². The summed E-state index contributed by atoms with van der Waals surface area (Å²) in [4.78, 5) is 2.49. The molecule has 7 heteroatoms. The number of nitrogens with zero attached hydrogens (tertiary/aromatic N) is 3. The monoisotopic (exact) mass is 391 g/mol. The number of hydrogen-bond acceptors (Lipinski definition) is 4. The van der Waals surface area contributed by atoms with Gasteiger partial charge in [-0.15, -0.1) is 0 Å². The molecule has 1 aliphatic rings. The van der Waals surface area contributed by atoms with Gasteiger partial charge in [-0.1, -0.05) is 37.6 Å². The van der Waals surface area contributed by atoms with Crippen LogP contribution in [-0.4, -0.2) is 41.9 Å². The Morgan fingerprint density at radius 1 is 1.27 bits per heavy atom. The Kier molecular flexibility index (Phi) is 5.53. The van der Waals surface area contributed by atoms with Gasteiger partial charge in [0.25, 0.3) is 0 Å². The topological polar surface area (TPSA) is 55.2 Å². The highest BCUT2D eigenvalue weighted by Gasteiger charge is 2.15. The molecule has 26 heavy (non-hydrogen) atoms. The SMILES string of the molecule is CCCN1C=C(n2cc(-c3ccc(S(=O)(=O)CC)cc3Cl)cn2)C=CC1. The minimum Gasteiger partial charge on any atom is -0.372 e. The molecular formula is C19H22ClN3O2S. The summed E-state index contributed by atoms with van der Waals surface area (Å²) in [7, 11) is -3.27. The van der Waals surface area contributed by atoms with E-state index in [9.17, 15) is 8.42 Å². The van der Waals surface area contributed by atoms with E-state index >= 15 is 0 Å². The van der Waals surface area contributed by atoms with Crippen LogP contribution in [0.25, 0.3) is 16.8 Å². The number of halogens is 1. The first-order valence-electron chi connectivity index (χ1n) is 8.64. The Morgan fingerprint density at radius 2 is 2.08 bits per heavy atom. The second-order valence-electron chi connectivity index (χ2n) is 6.17. The maximum Gasteiger partial charge on any atom is 0.178 e. The minimum absolute atomic E-state index is 0.0509. The third kappa shape index (κ3) is 3.86. The first-order chi connectivity index (χ1) is 12.4. The van der Waals surface area contributed by atoms with Gasteiger partial charge in [0, 0.05) is 41.6 Å². The number of rotatable bonds is 6. The van der Waals surface area contributed by atoms with E-state index in [0.29, 0.717) is 5.02 Å². The van der Waals surface area contributed by atoms with Crippen LogP contribution in [-0.2, 0) is 9.84 Å². The molecule has 1 aromatic heterocycles. The van der Waals surface area contributed by atoms with E-state index < -0.39 is 9.84 Å². The van der Waals surface area contributed by atoms with E-state index in [1.807, 2.05) is 12.3 Å². The van der Waals surface area contributed by atoms with Crippen molar-refractivity contribution in [1.29, 1.82) is 0 Å². The second-order valence-corrected chi connectivity index (χ2v) is 8.86. The fourth-order valence-electron chi connectivity index (χ4n) is 2.86. The Hall–Kier alpha value is -2.05. The van der Waals surface area contributed by atoms with Gasteiger partial charge in [-0.3, -0.25) is 0 Å². The molecule has 0 atom stereocenters. The van der Waals surface area contributed by atoms with Crippen molar-refractivity contribution < 1.29 is 8.42 Å². The Bertz CT molecular complexity index is 961. The van der Waals surface area contributed by atoms with Crippen LogP contribution in [0.3, 0.4) is 0 Å². The van der Waals surface area contributed by atoms with Gasteiger partial charge in [0.2, 0.25) is 0 Å². The summed E-state index contributed by atoms with van der Waals surface area (Å²) in [5.74, 6) is 0.0509. The van der Waals surface area contributed by atoms with Crippen molar-refractivity contribution >= 4 is 27.1 Å². The average Bonchev–Trinajstić information content (AvgIpc) is 3.12. The van der Waals surface area contributed by atoms with E-state index in [-0.39, 0.29) is 10.6 Å². The maximum atomic E-state index is 12.0. The highest BCUT2D eigenvalue weighted by atomic mass is 35.5. The highest BCUT2D eigenvalue weighted by molar-refractivity contribution is 7.91. The molecular weight excluding hydrogens is 370 g/mol. The lowest BCUT2D eigenvalue weighted by atomic mass is 10.1. The van der Waals surface area contributed by atoms with E-state index in [0.717, 1.165) is 36.3 Å². The van der Waals surface area contributed by atoms with Crippen molar-refractivity contribution in [3.63, 3.8) is 0 Å². The first-order valence-corrected chi connectivity index (χ1v) is 10.7. The van der Waals surface area contributed by atoms with E-state index in [4.69, 9.17) is 11.6 Å². The zero-order chi connectivity index (χ0) is 18.7. The van der Waals surface area contributed by atoms with E-state index in [1.54, 1.807) is 29.9 Å². The van der Waals surface area contributed by atoms with Crippen LogP contribution in [0.2, 0.25) is 5.02 Å². The summed E-state index contributed by atoms with van der Waals surface area (Å²) in [5, 5.41) is 4.84. The van der Waals surface area contributed by atoms with Gasteiger partial charge in [-0.05, 0) is 24.6 Å². The lowest BCUT2D eigenvalue weighted by Gasteiger charge is -2.22. The van der Waals surface area contributed by atoms with Crippen LogP contribution < -0.4 is 0 Å². The molecule has 0 N–H and O–H groups in total. The van der Waals surface area contributed by atoms with Gasteiger partial charge >= 0.3 is 0 Å². The number of aromatic nitrogens is 2. The summed E-state index contributed by atoms with van der Waals surface area (Å²) in [6, 6.07) is 4.84. The molecule has 0 amide bonds. The fraction of sp³-hybridized carbons (Fsp3) is 0.316. The number of sulfone groups is 1. The van der Waals surface area contributed by atoms with Crippen molar-refractivity contribution in [3.05, 3.63) is 54.0 Å². The largest absolute Gasteiger partial charge is 0.372 e. The van der Waals surface area contributed by atoms with Crippen LogP contribution in [0.4, 0.5) is 0 Å². The van der Waals surface area contributed by atoms with E-state index in [1.165, 1.54) is 6.07 Å². The summed E-state index contributed by atoms with van der Waals surface area (Å²) in [6.07, 6.45) is 11.0. The molecule has 1 aromatic carbocycles. The van der Waals surface area contributed by atoms with Crippen LogP contribution in [0.1, 0.15) is 20.3 Å². The van der Waals surface area contributed by atoms with Gasteiger partial charge < -0.3 is 4.90 Å². The lowest BCUT2D eigenvalue weighted by Crippen LogP contribution is -2.21. The maximum absolute atomic E-state index is 12.0. The quantitative estimate of drug-likeness (QED) is 0.744. The van der Waals surface area contributed by atoms with Gasteiger partial charge in [0.1, 0.15) is 0 Å². The molecule has 1 aliphatic heterocycles. The van der Waals surface area contributed by atoms with Crippen molar-refractivity contribution in [1.82, 2.24) is 14.7 Å². The number of hydrogen-bond donors (Lipinski definition) is 0. The van der Waals surface area contributed by atoms with Crippen LogP contribution in [0.15, 0.2) is 53.8 Å². The third-order valence-corrected chi connectivity index (χ3v) is 6.34. The zero-order valence-electron chi connectivity index (χ0n) is 14.9. The molecule has 3 rings (SSSR count). The normalized spacial score (nSPS) is 14.6. The predicted octanol–water partition coefficient (Wildman–Crippen LogP) is 4.08. The molecule has 0 radical (unpaired) electrons. The molecule has 0 fully saturated rings. The molecule has 0 spiro atoms. The van der Waals surface area contributed by atoms with Crippen LogP contribution >= 0.6 is 11.6 Å². The van der Waals surface area contributed by atoms with Crippen molar-refractivity contribution in [2.75, 3.05) is 18.8 Å². The predicted molar refractivity (Wildman–Crippen MR) is 106 cm³/mol. The Balaban J connectivity index is 1.90. The highest BCUT2D eigenvalue weighted by Crippen LogP contribution is 2.31. The number of allylic oxidation sites excluding steroid dienone is 2. The molecule has 0 unspecified atom stereocenters. The molecule has 2 aromatic rings. The van der Waals surface area contributed by atoms with Gasteiger partial charge in [-0.25, -0.2) is 13.1 Å².